The number of unbranched alkanes of at least 4 members (excludes halogenated alkanes) is 1. The van der Waals surface area contributed by atoms with E-state index in [4.69, 9.17) is 9.31 Å². The Morgan fingerprint density at radius 2 is 1.89 bits per heavy atom. The molecule has 19 heavy (non-hydrogen) atoms. The normalized spacial score (nSPS) is 19.2. The van der Waals surface area contributed by atoms with E-state index in [1.807, 2.05) is 6.92 Å². The van der Waals surface area contributed by atoms with Crippen LogP contribution in [0, 0.1) is 0 Å². The van der Waals surface area contributed by atoms with Crippen molar-refractivity contribution < 1.29 is 23.7 Å². The summed E-state index contributed by atoms with van der Waals surface area (Å²) in [7, 11) is 0.430. The number of carbonyl (C=O) groups excluding carboxylic acids is 3. The molecule has 0 radical (unpaired) electrons. The molecule has 106 valence electrons. The highest BCUT2D eigenvalue weighted by Gasteiger charge is 2.41. The lowest BCUT2D eigenvalue weighted by molar-refractivity contribution is -0.145. The zero-order valence-corrected chi connectivity index (χ0v) is 12.6. The summed E-state index contributed by atoms with van der Waals surface area (Å²) < 4.78 is 9.20. The second kappa shape index (κ2) is 7.64. The van der Waals surface area contributed by atoms with Gasteiger partial charge in [-0.3, -0.25) is 19.3 Å². The maximum absolute atomic E-state index is 11.8. The van der Waals surface area contributed by atoms with Gasteiger partial charge in [-0.25, -0.2) is 0 Å². The molecule has 1 aliphatic rings. The van der Waals surface area contributed by atoms with E-state index in [2.05, 4.69) is 15.9 Å². The second-order valence-corrected chi connectivity index (χ2v) is 5.48. The van der Waals surface area contributed by atoms with Crippen LogP contribution in [0.4, 0.5) is 0 Å². The number of hydrogen-bond acceptors (Lipinski definition) is 6. The number of nitrogens with zero attached hydrogens (tertiary/aromatic N) is 1. The van der Waals surface area contributed by atoms with Gasteiger partial charge in [0.15, 0.2) is 0 Å². The first-order valence-corrected chi connectivity index (χ1v) is 7.10. The summed E-state index contributed by atoms with van der Waals surface area (Å²) in [6.07, 6.45) is 2.00. The fraction of sp³-hybridized carbons (Fsp3) is 0.727. The van der Waals surface area contributed by atoms with Crippen molar-refractivity contribution in [1.29, 1.82) is 0 Å². The zero-order valence-electron chi connectivity index (χ0n) is 11.1. The molecule has 1 saturated heterocycles. The summed E-state index contributed by atoms with van der Waals surface area (Å²) >= 11 is 3.15. The number of ketones is 1. The van der Waals surface area contributed by atoms with Crippen LogP contribution in [0.15, 0.2) is 0 Å². The number of likely N-dealkylation sites (N-methyl/N-ethyl adjacent to an activating group) is 1. The number of halogens is 1. The number of rotatable bonds is 5. The van der Waals surface area contributed by atoms with Crippen LogP contribution in [0.1, 0.15) is 26.2 Å². The molecule has 0 spiro atoms. The third-order valence-electron chi connectivity index (χ3n) is 2.62. The van der Waals surface area contributed by atoms with Crippen molar-refractivity contribution in [3.63, 3.8) is 0 Å². The predicted molar refractivity (Wildman–Crippen MR) is 72.7 cm³/mol. The van der Waals surface area contributed by atoms with E-state index in [0.717, 1.165) is 12.8 Å². The fourth-order valence-electron chi connectivity index (χ4n) is 1.61. The van der Waals surface area contributed by atoms with Crippen LogP contribution in [-0.4, -0.2) is 54.6 Å². The summed E-state index contributed by atoms with van der Waals surface area (Å²) in [5.41, 5.74) is 0. The lowest BCUT2D eigenvalue weighted by Gasteiger charge is -2.24. The van der Waals surface area contributed by atoms with Crippen molar-refractivity contribution in [2.24, 2.45) is 0 Å². The molecule has 0 aromatic heterocycles. The van der Waals surface area contributed by atoms with Crippen molar-refractivity contribution >= 4 is 40.8 Å². The maximum atomic E-state index is 11.8. The van der Waals surface area contributed by atoms with Gasteiger partial charge in [0, 0.05) is 6.42 Å². The van der Waals surface area contributed by atoms with Gasteiger partial charge >= 0.3 is 19.1 Å². The summed E-state index contributed by atoms with van der Waals surface area (Å²) in [5, 5.41) is 0. The molecule has 0 N–H and O–H groups in total. The molecule has 0 amide bonds. The molecule has 0 aromatic carbocycles. The molecule has 6 nitrogen and oxygen atoms in total. The average Bonchev–Trinajstić information content (AvgIpc) is 2.31. The Labute approximate surface area is 121 Å². The second-order valence-electron chi connectivity index (χ2n) is 4.49. The highest BCUT2D eigenvalue weighted by atomic mass is 79.9. The fourth-order valence-corrected chi connectivity index (χ4v) is 2.06. The standard InChI is InChI=1S/C11H17BBrNO5/c1-3-4-5-8(15)11(13)12-18-9(16)6-14(2)7-10(17)19-12/h11H,3-7H2,1-2H3/t11-/m0/s1. The molecule has 1 fully saturated rings. The van der Waals surface area contributed by atoms with E-state index in [9.17, 15) is 14.4 Å². The predicted octanol–water partition coefficient (Wildman–Crippen LogP) is 0.568. The van der Waals surface area contributed by atoms with Gasteiger partial charge in [0.1, 0.15) is 10.5 Å². The van der Waals surface area contributed by atoms with E-state index in [1.54, 1.807) is 7.05 Å². The van der Waals surface area contributed by atoms with Gasteiger partial charge in [0.05, 0.1) is 13.1 Å². The van der Waals surface area contributed by atoms with Crippen molar-refractivity contribution in [3.05, 3.63) is 0 Å². The molecule has 0 saturated carbocycles. The first kappa shape index (κ1) is 16.2. The minimum absolute atomic E-state index is 0.00549. The molecule has 0 aromatic rings. The van der Waals surface area contributed by atoms with Gasteiger partial charge in [-0.2, -0.15) is 0 Å². The number of alkyl halides is 1. The van der Waals surface area contributed by atoms with E-state index < -0.39 is 23.8 Å². The van der Waals surface area contributed by atoms with Crippen LogP contribution < -0.4 is 0 Å². The van der Waals surface area contributed by atoms with E-state index in [-0.39, 0.29) is 18.9 Å². The monoisotopic (exact) mass is 333 g/mol. The molecule has 8 heteroatoms. The van der Waals surface area contributed by atoms with Gasteiger partial charge in [-0.1, -0.05) is 29.3 Å². The quantitative estimate of drug-likeness (QED) is 0.541. The van der Waals surface area contributed by atoms with Gasteiger partial charge in [-0.05, 0) is 13.5 Å². The molecule has 0 unspecified atom stereocenters. The number of carbonyl (C=O) groups is 3. The van der Waals surface area contributed by atoms with Crippen molar-refractivity contribution in [3.8, 4) is 0 Å². The van der Waals surface area contributed by atoms with Crippen LogP contribution in [0.25, 0.3) is 0 Å². The molecule has 1 aliphatic heterocycles. The first-order valence-electron chi connectivity index (χ1n) is 6.18. The van der Waals surface area contributed by atoms with Gasteiger partial charge in [0.25, 0.3) is 0 Å². The highest BCUT2D eigenvalue weighted by molar-refractivity contribution is 9.10. The van der Waals surface area contributed by atoms with Gasteiger partial charge in [-0.15, -0.1) is 0 Å². The summed E-state index contributed by atoms with van der Waals surface area (Å²) in [4.78, 5) is 36.4. The van der Waals surface area contributed by atoms with Crippen LogP contribution in [0.5, 0.6) is 0 Å². The SMILES string of the molecule is CCCCC(=O)[C@H](Br)B1OC(=O)CN(C)CC(=O)O1. The maximum Gasteiger partial charge on any atom is 0.621 e. The first-order chi connectivity index (χ1) is 8.93. The Balaban J connectivity index is 2.65. The summed E-state index contributed by atoms with van der Waals surface area (Å²) in [5.74, 6) is -1.18. The highest BCUT2D eigenvalue weighted by Crippen LogP contribution is 2.14. The van der Waals surface area contributed by atoms with E-state index in [1.165, 1.54) is 4.90 Å². The Morgan fingerprint density at radius 3 is 2.37 bits per heavy atom. The van der Waals surface area contributed by atoms with E-state index >= 15 is 0 Å². The molecule has 0 bridgehead atoms. The number of Topliss-reactive ketones (excluding diaryl/α,β-unsaturated/α-hetero) is 1. The Bertz CT molecular complexity index is 345. The van der Waals surface area contributed by atoms with Crippen LogP contribution in [-0.2, 0) is 23.7 Å². The van der Waals surface area contributed by atoms with Crippen molar-refractivity contribution in [2.45, 2.75) is 30.9 Å². The topological polar surface area (TPSA) is 72.9 Å². The molecule has 1 atom stereocenters. The van der Waals surface area contributed by atoms with Gasteiger partial charge < -0.3 is 9.31 Å². The van der Waals surface area contributed by atoms with Crippen LogP contribution >= 0.6 is 15.9 Å². The third-order valence-corrected chi connectivity index (χ3v) is 3.56. The molecular weight excluding hydrogens is 317 g/mol. The lowest BCUT2D eigenvalue weighted by Crippen LogP contribution is -2.48. The van der Waals surface area contributed by atoms with Crippen LogP contribution in [0.3, 0.4) is 0 Å². The largest absolute Gasteiger partial charge is 0.621 e. The van der Waals surface area contributed by atoms with E-state index in [0.29, 0.717) is 6.42 Å². The van der Waals surface area contributed by atoms with Crippen LogP contribution in [0.2, 0.25) is 0 Å². The lowest BCUT2D eigenvalue weighted by atomic mass is 9.80. The molecule has 1 rings (SSSR count). The van der Waals surface area contributed by atoms with Crippen molar-refractivity contribution in [2.75, 3.05) is 20.1 Å². The summed E-state index contributed by atoms with van der Waals surface area (Å²) in [6.45, 7) is 1.96. The Kier molecular flexibility index (Phi) is 6.50. The smallest absolute Gasteiger partial charge is 0.497 e. The Morgan fingerprint density at radius 1 is 1.37 bits per heavy atom. The number of hydrogen-bond donors (Lipinski definition) is 0. The van der Waals surface area contributed by atoms with Gasteiger partial charge in [0.2, 0.25) is 0 Å². The molecular formula is C11H17BBrNO5. The minimum Gasteiger partial charge on any atom is -0.497 e. The molecule has 1 heterocycles. The third kappa shape index (κ3) is 5.32. The minimum atomic E-state index is -1.18. The zero-order chi connectivity index (χ0) is 14.4. The average molecular weight is 334 g/mol. The Hall–Kier alpha value is -0.885. The molecule has 0 aliphatic carbocycles. The van der Waals surface area contributed by atoms with Crippen molar-refractivity contribution in [1.82, 2.24) is 4.90 Å². The summed E-state index contributed by atoms with van der Waals surface area (Å²) in [6, 6.07) is 0.